The second-order valence-corrected chi connectivity index (χ2v) is 14.0. The number of pyridine rings is 2. The van der Waals surface area contributed by atoms with E-state index in [0.717, 1.165) is 4.90 Å². The maximum Gasteiger partial charge on any atom is 0.415 e. The predicted octanol–water partition coefficient (Wildman–Crippen LogP) is 7.21. The Morgan fingerprint density at radius 3 is 2.38 bits per heavy atom. The lowest BCUT2D eigenvalue weighted by atomic mass is 9.94. The number of nitrogens with one attached hydrogen (secondary N) is 1. The molecule has 4 aromatic rings. The Bertz CT molecular complexity index is 2070. The lowest BCUT2D eigenvalue weighted by Crippen LogP contribution is -2.42. The number of benzene rings is 2. The summed E-state index contributed by atoms with van der Waals surface area (Å²) >= 11 is 0. The number of imide groups is 1. The van der Waals surface area contributed by atoms with E-state index in [1.165, 1.54) is 29.4 Å². The van der Waals surface area contributed by atoms with E-state index in [1.807, 2.05) is 6.92 Å². The van der Waals surface area contributed by atoms with Crippen molar-refractivity contribution < 1.29 is 37.8 Å². The molecule has 260 valence electrons. The molecule has 4 heterocycles. The summed E-state index contributed by atoms with van der Waals surface area (Å²) in [5.74, 6) is -1.58. The fraction of sp³-hybridized carbons (Fsp3) is 0.351. The van der Waals surface area contributed by atoms with E-state index in [2.05, 4.69) is 15.3 Å². The van der Waals surface area contributed by atoms with Crippen LogP contribution in [0.25, 0.3) is 21.9 Å². The predicted molar refractivity (Wildman–Crippen MR) is 185 cm³/mol. The minimum absolute atomic E-state index is 0.00137. The summed E-state index contributed by atoms with van der Waals surface area (Å²) in [5, 5.41) is 3.10. The van der Waals surface area contributed by atoms with Crippen molar-refractivity contribution in [3.8, 4) is 17.0 Å². The van der Waals surface area contributed by atoms with E-state index in [1.54, 1.807) is 65.8 Å². The van der Waals surface area contributed by atoms with Crippen molar-refractivity contribution in [1.82, 2.24) is 9.97 Å². The topological polar surface area (TPSA) is 140 Å². The fourth-order valence-electron chi connectivity index (χ4n) is 6.03. The SMILES string of the molecule is CCc1c(-c2cc3cc(N4C(=O)Cc5ccccc5C4=O)ncc3c(NC(=O)OC(C)(C)C)c2F)cnc2c1N(C(=O)OC(C)(C)C)CCO2. The minimum Gasteiger partial charge on any atom is -0.474 e. The van der Waals surface area contributed by atoms with Gasteiger partial charge in [-0.1, -0.05) is 25.1 Å². The zero-order valence-corrected chi connectivity index (χ0v) is 29.0. The average molecular weight is 684 g/mol. The Morgan fingerprint density at radius 1 is 0.960 bits per heavy atom. The van der Waals surface area contributed by atoms with Crippen LogP contribution in [0, 0.1) is 5.82 Å². The normalized spacial score (nSPS) is 14.6. The number of carbonyl (C=O) groups is 4. The summed E-state index contributed by atoms with van der Waals surface area (Å²) < 4.78 is 33.8. The Balaban J connectivity index is 1.54. The highest BCUT2D eigenvalue weighted by Crippen LogP contribution is 2.43. The van der Waals surface area contributed by atoms with E-state index in [4.69, 9.17) is 14.2 Å². The van der Waals surface area contributed by atoms with Gasteiger partial charge in [0.05, 0.1) is 18.7 Å². The molecule has 0 aliphatic carbocycles. The second-order valence-electron chi connectivity index (χ2n) is 14.0. The van der Waals surface area contributed by atoms with Crippen LogP contribution in [-0.2, 0) is 27.1 Å². The van der Waals surface area contributed by atoms with Gasteiger partial charge >= 0.3 is 12.2 Å². The van der Waals surface area contributed by atoms with Gasteiger partial charge in [0.2, 0.25) is 11.8 Å². The molecule has 2 aliphatic rings. The highest BCUT2D eigenvalue weighted by Gasteiger charge is 2.35. The minimum atomic E-state index is -0.902. The second kappa shape index (κ2) is 12.7. The Kier molecular flexibility index (Phi) is 8.71. The van der Waals surface area contributed by atoms with Crippen molar-refractivity contribution in [2.45, 2.75) is 72.5 Å². The van der Waals surface area contributed by atoms with Crippen molar-refractivity contribution in [2.75, 3.05) is 28.3 Å². The molecule has 0 bridgehead atoms. The lowest BCUT2D eigenvalue weighted by Gasteiger charge is -2.33. The quantitative estimate of drug-likeness (QED) is 0.221. The molecule has 6 rings (SSSR count). The third-order valence-electron chi connectivity index (χ3n) is 8.05. The first-order valence-electron chi connectivity index (χ1n) is 16.3. The summed E-state index contributed by atoms with van der Waals surface area (Å²) in [4.78, 5) is 64.4. The van der Waals surface area contributed by atoms with Gasteiger partial charge < -0.3 is 14.2 Å². The monoisotopic (exact) mass is 683 g/mol. The van der Waals surface area contributed by atoms with E-state index >= 15 is 4.39 Å². The van der Waals surface area contributed by atoms with E-state index in [-0.39, 0.29) is 47.9 Å². The largest absolute Gasteiger partial charge is 0.474 e. The number of rotatable bonds is 4. The average Bonchev–Trinajstić information content (AvgIpc) is 3.03. The Hall–Kier alpha value is -5.59. The molecule has 4 amide bonds. The first-order valence-corrected chi connectivity index (χ1v) is 16.3. The molecule has 0 unspecified atom stereocenters. The molecule has 13 heteroatoms. The number of anilines is 3. The first-order chi connectivity index (χ1) is 23.6. The summed E-state index contributed by atoms with van der Waals surface area (Å²) in [7, 11) is 0. The number of carbonyl (C=O) groups excluding carboxylic acids is 4. The van der Waals surface area contributed by atoms with Gasteiger partial charge in [-0.05, 0) is 82.7 Å². The van der Waals surface area contributed by atoms with Crippen LogP contribution in [0.1, 0.15) is 70.0 Å². The van der Waals surface area contributed by atoms with Gasteiger partial charge in [-0.15, -0.1) is 0 Å². The van der Waals surface area contributed by atoms with Crippen molar-refractivity contribution in [1.29, 1.82) is 0 Å². The highest BCUT2D eigenvalue weighted by atomic mass is 19.1. The summed E-state index contributed by atoms with van der Waals surface area (Å²) in [6, 6.07) is 9.89. The van der Waals surface area contributed by atoms with E-state index in [0.29, 0.717) is 39.7 Å². The third kappa shape index (κ3) is 6.55. The molecule has 0 spiro atoms. The van der Waals surface area contributed by atoms with Gasteiger partial charge in [0.15, 0.2) is 5.82 Å². The van der Waals surface area contributed by atoms with Gasteiger partial charge in [-0.3, -0.25) is 19.8 Å². The zero-order chi connectivity index (χ0) is 36.1. The van der Waals surface area contributed by atoms with Crippen LogP contribution in [0.3, 0.4) is 0 Å². The number of halogens is 1. The van der Waals surface area contributed by atoms with Crippen LogP contribution in [0.2, 0.25) is 0 Å². The molecule has 1 N–H and O–H groups in total. The molecule has 0 saturated heterocycles. The molecule has 0 atom stereocenters. The molecule has 2 aromatic carbocycles. The molecule has 50 heavy (non-hydrogen) atoms. The van der Waals surface area contributed by atoms with Crippen LogP contribution < -0.4 is 19.9 Å². The number of aromatic nitrogens is 2. The number of hydrogen-bond donors (Lipinski definition) is 1. The molecular weight excluding hydrogens is 645 g/mol. The Labute approximate surface area is 288 Å². The van der Waals surface area contributed by atoms with Crippen LogP contribution in [-0.4, -0.2) is 58.3 Å². The maximum absolute atomic E-state index is 16.9. The third-order valence-corrected chi connectivity index (χ3v) is 8.05. The molecule has 0 fully saturated rings. The van der Waals surface area contributed by atoms with Gasteiger partial charge in [-0.25, -0.2) is 28.8 Å². The summed E-state index contributed by atoms with van der Waals surface area (Å²) in [6.07, 6.45) is 1.59. The number of nitrogens with zero attached hydrogens (tertiary/aromatic N) is 4. The fourth-order valence-corrected chi connectivity index (χ4v) is 6.03. The standard InChI is InChI=1S/C37H38FN5O7/c1-8-22-26(19-40-32-31(22)42(13-14-48-32)35(47)50-37(5,6)7)24-15-21-16-27(43-28(44)17-20-11-9-10-12-23(20)33(43)45)39-18-25(21)30(29(24)38)41-34(46)49-36(2,3)4/h9-12,15-16,18-19H,8,13-14,17H2,1-7H3,(H,41,46). The van der Waals surface area contributed by atoms with Crippen molar-refractivity contribution >= 4 is 52.0 Å². The van der Waals surface area contributed by atoms with E-state index in [9.17, 15) is 19.2 Å². The molecule has 2 aliphatic heterocycles. The molecule has 0 saturated carbocycles. The van der Waals surface area contributed by atoms with Gasteiger partial charge in [0.1, 0.15) is 29.3 Å². The zero-order valence-electron chi connectivity index (χ0n) is 29.0. The maximum atomic E-state index is 16.9. The van der Waals surface area contributed by atoms with Gasteiger partial charge in [-0.2, -0.15) is 0 Å². The number of fused-ring (bicyclic) bond motifs is 3. The number of ether oxygens (including phenoxy) is 3. The van der Waals surface area contributed by atoms with Crippen molar-refractivity contribution in [3.63, 3.8) is 0 Å². The van der Waals surface area contributed by atoms with Crippen LogP contribution in [0.4, 0.5) is 31.2 Å². The summed E-state index contributed by atoms with van der Waals surface area (Å²) in [6.45, 7) is 12.6. The highest BCUT2D eigenvalue weighted by molar-refractivity contribution is 6.24. The van der Waals surface area contributed by atoms with Crippen molar-refractivity contribution in [2.24, 2.45) is 0 Å². The summed E-state index contributed by atoms with van der Waals surface area (Å²) in [5.41, 5.74) is 0.373. The van der Waals surface area contributed by atoms with Crippen LogP contribution >= 0.6 is 0 Å². The molecule has 2 aromatic heterocycles. The van der Waals surface area contributed by atoms with Crippen molar-refractivity contribution in [3.05, 3.63) is 71.3 Å². The van der Waals surface area contributed by atoms with Crippen LogP contribution in [0.15, 0.2) is 48.8 Å². The number of amides is 4. The molecule has 12 nitrogen and oxygen atoms in total. The number of hydrogen-bond acceptors (Lipinski definition) is 9. The van der Waals surface area contributed by atoms with E-state index < -0.39 is 41.0 Å². The first kappa shape index (κ1) is 34.3. The Morgan fingerprint density at radius 2 is 1.68 bits per heavy atom. The van der Waals surface area contributed by atoms with Crippen LogP contribution in [0.5, 0.6) is 5.88 Å². The lowest BCUT2D eigenvalue weighted by molar-refractivity contribution is -0.117. The molecule has 0 radical (unpaired) electrons. The smallest absolute Gasteiger partial charge is 0.415 e. The van der Waals surface area contributed by atoms with Gasteiger partial charge in [0, 0.05) is 34.5 Å². The van der Waals surface area contributed by atoms with Gasteiger partial charge in [0.25, 0.3) is 5.91 Å². The molecular formula is C37H38FN5O7.